The van der Waals surface area contributed by atoms with Gasteiger partial charge in [-0.2, -0.15) is 0 Å². The first kappa shape index (κ1) is 13.4. The van der Waals surface area contributed by atoms with Gasteiger partial charge in [-0.1, -0.05) is 6.07 Å². The van der Waals surface area contributed by atoms with Crippen LogP contribution in [0.1, 0.15) is 12.8 Å². The van der Waals surface area contributed by atoms with Crippen molar-refractivity contribution >= 4 is 32.9 Å². The molecule has 5 nitrogen and oxygen atoms in total. The molecule has 0 spiro atoms. The van der Waals surface area contributed by atoms with Crippen LogP contribution in [0.15, 0.2) is 40.1 Å². The van der Waals surface area contributed by atoms with Crippen molar-refractivity contribution in [3.05, 3.63) is 35.8 Å². The van der Waals surface area contributed by atoms with Gasteiger partial charge in [-0.15, -0.1) is 11.3 Å². The highest BCUT2D eigenvalue weighted by atomic mass is 32.2. The van der Waals surface area contributed by atoms with E-state index >= 15 is 0 Å². The van der Waals surface area contributed by atoms with Gasteiger partial charge in [0.2, 0.25) is 0 Å². The van der Waals surface area contributed by atoms with E-state index in [1.165, 1.54) is 24.2 Å². The minimum Gasteiger partial charge on any atom is -0.357 e. The molecule has 0 aromatic carbocycles. The van der Waals surface area contributed by atoms with Crippen molar-refractivity contribution in [3.8, 4) is 0 Å². The molecule has 1 aliphatic heterocycles. The second-order valence-corrected chi connectivity index (χ2v) is 7.49. The Hall–Kier alpha value is -1.60. The number of sulfonamides is 1. The Morgan fingerprint density at radius 3 is 2.60 bits per heavy atom. The molecule has 0 amide bonds. The van der Waals surface area contributed by atoms with Crippen LogP contribution in [-0.4, -0.2) is 26.5 Å². The highest BCUT2D eigenvalue weighted by Crippen LogP contribution is 2.22. The zero-order valence-corrected chi connectivity index (χ0v) is 12.5. The predicted molar refractivity (Wildman–Crippen MR) is 80.8 cm³/mol. The minimum absolute atomic E-state index is 0.307. The number of thiophene rings is 1. The lowest BCUT2D eigenvalue weighted by atomic mass is 10.4. The summed E-state index contributed by atoms with van der Waals surface area (Å²) in [6, 6.07) is 6.91. The van der Waals surface area contributed by atoms with E-state index in [1.54, 1.807) is 29.8 Å². The Morgan fingerprint density at radius 2 is 2.00 bits per heavy atom. The summed E-state index contributed by atoms with van der Waals surface area (Å²) in [6.07, 6.45) is 3.95. The van der Waals surface area contributed by atoms with Crippen molar-refractivity contribution in [2.45, 2.75) is 17.1 Å². The summed E-state index contributed by atoms with van der Waals surface area (Å²) in [4.78, 5) is 6.53. The molecule has 2 aromatic rings. The van der Waals surface area contributed by atoms with E-state index in [0.717, 1.165) is 18.9 Å². The second kappa shape index (κ2) is 5.41. The number of anilines is 2. The highest BCUT2D eigenvalue weighted by Gasteiger charge is 2.16. The van der Waals surface area contributed by atoms with Gasteiger partial charge >= 0.3 is 0 Å². The predicted octanol–water partition coefficient (Wildman–Crippen LogP) is 2.54. The zero-order valence-electron chi connectivity index (χ0n) is 10.8. The number of hydrogen-bond donors (Lipinski definition) is 1. The largest absolute Gasteiger partial charge is 0.357 e. The van der Waals surface area contributed by atoms with Gasteiger partial charge in [0.05, 0.1) is 11.9 Å². The topological polar surface area (TPSA) is 62.3 Å². The molecule has 20 heavy (non-hydrogen) atoms. The number of rotatable bonds is 4. The summed E-state index contributed by atoms with van der Waals surface area (Å²) < 4.78 is 27.0. The molecule has 0 atom stereocenters. The molecule has 1 aliphatic rings. The van der Waals surface area contributed by atoms with E-state index in [9.17, 15) is 8.42 Å². The quantitative estimate of drug-likeness (QED) is 0.943. The molecule has 0 saturated carbocycles. The molecule has 0 aliphatic carbocycles. The van der Waals surface area contributed by atoms with Crippen molar-refractivity contribution in [3.63, 3.8) is 0 Å². The van der Waals surface area contributed by atoms with Gasteiger partial charge in [0, 0.05) is 13.1 Å². The molecule has 2 aromatic heterocycles. The Balaban J connectivity index is 1.75. The lowest BCUT2D eigenvalue weighted by Gasteiger charge is -2.16. The van der Waals surface area contributed by atoms with Crippen LogP contribution in [0.5, 0.6) is 0 Å². The Labute approximate surface area is 122 Å². The zero-order chi connectivity index (χ0) is 14.0. The number of aromatic nitrogens is 1. The fourth-order valence-electron chi connectivity index (χ4n) is 2.20. The maximum absolute atomic E-state index is 12.1. The highest BCUT2D eigenvalue weighted by molar-refractivity contribution is 7.94. The van der Waals surface area contributed by atoms with E-state index < -0.39 is 10.0 Å². The number of nitrogens with one attached hydrogen (secondary N) is 1. The molecule has 0 bridgehead atoms. The van der Waals surface area contributed by atoms with Crippen LogP contribution >= 0.6 is 11.3 Å². The Morgan fingerprint density at radius 1 is 1.20 bits per heavy atom. The molecule has 7 heteroatoms. The van der Waals surface area contributed by atoms with Crippen LogP contribution in [0, 0.1) is 0 Å². The second-order valence-electron chi connectivity index (χ2n) is 4.64. The molecule has 0 radical (unpaired) electrons. The molecular formula is C13H15N3O2S2. The first-order valence-electron chi connectivity index (χ1n) is 6.42. The number of hydrogen-bond acceptors (Lipinski definition) is 5. The lowest BCUT2D eigenvalue weighted by molar-refractivity contribution is 0.603. The van der Waals surface area contributed by atoms with E-state index in [1.807, 2.05) is 6.07 Å². The van der Waals surface area contributed by atoms with Crippen molar-refractivity contribution in [1.82, 2.24) is 4.98 Å². The molecule has 1 fully saturated rings. The smallest absolute Gasteiger partial charge is 0.271 e. The molecule has 3 rings (SSSR count). The first-order chi connectivity index (χ1) is 9.65. The lowest BCUT2D eigenvalue weighted by Crippen LogP contribution is -2.19. The molecule has 1 saturated heterocycles. The van der Waals surface area contributed by atoms with Crippen LogP contribution in [0.3, 0.4) is 0 Å². The average Bonchev–Trinajstić information content (AvgIpc) is 3.13. The van der Waals surface area contributed by atoms with Crippen LogP contribution < -0.4 is 9.62 Å². The summed E-state index contributed by atoms with van der Waals surface area (Å²) in [5.74, 6) is 0.904. The Kier molecular flexibility index (Phi) is 3.62. The number of nitrogens with zero attached hydrogens (tertiary/aromatic N) is 2. The van der Waals surface area contributed by atoms with Crippen molar-refractivity contribution in [2.24, 2.45) is 0 Å². The van der Waals surface area contributed by atoms with Gasteiger partial charge < -0.3 is 4.90 Å². The SMILES string of the molecule is O=S(=O)(Nc1ccc(N2CCCC2)nc1)c1cccs1. The standard InChI is InChI=1S/C13H15N3O2S2/c17-20(18,13-4-3-9-19-13)15-11-5-6-12(14-10-11)16-7-1-2-8-16/h3-6,9-10,15H,1-2,7-8H2. The molecular weight excluding hydrogens is 294 g/mol. The van der Waals surface area contributed by atoms with E-state index in [4.69, 9.17) is 0 Å². The Bertz CT molecular complexity index is 660. The van der Waals surface area contributed by atoms with E-state index in [-0.39, 0.29) is 0 Å². The van der Waals surface area contributed by atoms with Gasteiger partial charge in [0.25, 0.3) is 10.0 Å². The third-order valence-electron chi connectivity index (χ3n) is 3.19. The van der Waals surface area contributed by atoms with Crippen molar-refractivity contribution in [1.29, 1.82) is 0 Å². The fraction of sp³-hybridized carbons (Fsp3) is 0.308. The molecule has 3 heterocycles. The van der Waals surface area contributed by atoms with Gasteiger partial charge in [-0.3, -0.25) is 4.72 Å². The van der Waals surface area contributed by atoms with Crippen LogP contribution in [0.4, 0.5) is 11.5 Å². The molecule has 106 valence electrons. The summed E-state index contributed by atoms with van der Waals surface area (Å²) >= 11 is 1.19. The minimum atomic E-state index is -3.49. The summed E-state index contributed by atoms with van der Waals surface area (Å²) in [7, 11) is -3.49. The van der Waals surface area contributed by atoms with E-state index in [0.29, 0.717) is 9.90 Å². The first-order valence-corrected chi connectivity index (χ1v) is 8.79. The van der Waals surface area contributed by atoms with Gasteiger partial charge in [0.1, 0.15) is 10.0 Å². The van der Waals surface area contributed by atoms with E-state index in [2.05, 4.69) is 14.6 Å². The number of pyridine rings is 1. The van der Waals surface area contributed by atoms with Gasteiger partial charge in [-0.05, 0) is 36.4 Å². The maximum atomic E-state index is 12.1. The van der Waals surface area contributed by atoms with Crippen LogP contribution in [0.2, 0.25) is 0 Å². The van der Waals surface area contributed by atoms with Gasteiger partial charge in [-0.25, -0.2) is 13.4 Å². The van der Waals surface area contributed by atoms with Gasteiger partial charge in [0.15, 0.2) is 0 Å². The maximum Gasteiger partial charge on any atom is 0.271 e. The van der Waals surface area contributed by atoms with Crippen molar-refractivity contribution in [2.75, 3.05) is 22.7 Å². The summed E-state index contributed by atoms with van der Waals surface area (Å²) in [5.41, 5.74) is 0.487. The molecule has 0 unspecified atom stereocenters. The normalized spacial score (nSPS) is 15.5. The molecule has 1 N–H and O–H groups in total. The summed E-state index contributed by atoms with van der Waals surface area (Å²) in [6.45, 7) is 2.04. The fourth-order valence-corrected chi connectivity index (χ4v) is 4.24. The third kappa shape index (κ3) is 2.78. The third-order valence-corrected chi connectivity index (χ3v) is 5.97. The summed E-state index contributed by atoms with van der Waals surface area (Å²) in [5, 5.41) is 1.74. The average molecular weight is 309 g/mol. The van der Waals surface area contributed by atoms with Crippen LogP contribution in [0.25, 0.3) is 0 Å². The van der Waals surface area contributed by atoms with Crippen molar-refractivity contribution < 1.29 is 8.42 Å². The van der Waals surface area contributed by atoms with Crippen LogP contribution in [-0.2, 0) is 10.0 Å². The monoisotopic (exact) mass is 309 g/mol.